The number of pyridine rings is 1. The molecular weight excluding hydrogens is 504 g/mol. The lowest BCUT2D eigenvalue weighted by Gasteiger charge is -2.18. The van der Waals surface area contributed by atoms with Crippen LogP contribution < -0.4 is 15.4 Å². The van der Waals surface area contributed by atoms with Crippen LogP contribution in [0, 0.1) is 11.6 Å². The van der Waals surface area contributed by atoms with E-state index in [0.717, 1.165) is 5.56 Å². The molecule has 0 aliphatic rings. The predicted octanol–water partition coefficient (Wildman–Crippen LogP) is 6.80. The summed E-state index contributed by atoms with van der Waals surface area (Å²) < 4.78 is 36.2. The number of carbonyl (C=O) groups excluding carboxylic acids is 1. The zero-order valence-electron chi connectivity index (χ0n) is 21.4. The Morgan fingerprint density at radius 2 is 1.77 bits per heavy atom. The predicted molar refractivity (Wildman–Crippen MR) is 144 cm³/mol. The summed E-state index contributed by atoms with van der Waals surface area (Å²) in [5.41, 5.74) is 2.21. The maximum Gasteiger partial charge on any atom is 0.323 e. The Bertz CT molecular complexity index is 1630. The van der Waals surface area contributed by atoms with Gasteiger partial charge < -0.3 is 15.4 Å². The summed E-state index contributed by atoms with van der Waals surface area (Å²) in [5.74, 6) is -0.424. The Kier molecular flexibility index (Phi) is 6.80. The van der Waals surface area contributed by atoms with Crippen LogP contribution in [0.3, 0.4) is 0 Å². The van der Waals surface area contributed by atoms with Gasteiger partial charge in [-0.1, -0.05) is 12.1 Å². The van der Waals surface area contributed by atoms with Crippen LogP contribution in [0.15, 0.2) is 79.4 Å². The van der Waals surface area contributed by atoms with Gasteiger partial charge in [-0.15, -0.1) is 0 Å². The molecule has 0 unspecified atom stereocenters. The average molecular weight is 530 g/mol. The first-order chi connectivity index (χ1) is 18.7. The number of aromatic amines is 1. The van der Waals surface area contributed by atoms with Gasteiger partial charge in [0, 0.05) is 41.9 Å². The Balaban J connectivity index is 1.31. The van der Waals surface area contributed by atoms with E-state index in [1.54, 1.807) is 53.7 Å². The molecule has 2 aromatic carbocycles. The van der Waals surface area contributed by atoms with E-state index in [0.29, 0.717) is 28.4 Å². The van der Waals surface area contributed by atoms with Gasteiger partial charge in [-0.3, -0.25) is 14.8 Å². The van der Waals surface area contributed by atoms with Crippen LogP contribution in [0.2, 0.25) is 0 Å². The highest BCUT2D eigenvalue weighted by Crippen LogP contribution is 2.31. The van der Waals surface area contributed by atoms with Gasteiger partial charge in [0.05, 0.1) is 28.8 Å². The maximum atomic E-state index is 14.9. The van der Waals surface area contributed by atoms with Crippen LogP contribution >= 0.6 is 0 Å². The number of hydrogen-bond donors (Lipinski definition) is 3. The lowest BCUT2D eigenvalue weighted by Crippen LogP contribution is -2.22. The fourth-order valence-electron chi connectivity index (χ4n) is 3.75. The van der Waals surface area contributed by atoms with E-state index in [4.69, 9.17) is 4.74 Å². The van der Waals surface area contributed by atoms with Gasteiger partial charge in [-0.05, 0) is 51.1 Å². The van der Waals surface area contributed by atoms with Crippen molar-refractivity contribution in [3.05, 3.63) is 91.0 Å². The molecule has 39 heavy (non-hydrogen) atoms. The van der Waals surface area contributed by atoms with Crippen LogP contribution in [0.5, 0.6) is 11.5 Å². The number of amides is 2. The summed E-state index contributed by atoms with van der Waals surface area (Å²) in [4.78, 5) is 17.1. The number of urea groups is 1. The fraction of sp³-hybridized carbons (Fsp3) is 0.143. The number of ether oxygens (including phenoxy) is 1. The lowest BCUT2D eigenvalue weighted by molar-refractivity contribution is 0.262. The molecule has 0 spiro atoms. The Labute approximate surface area is 222 Å². The summed E-state index contributed by atoms with van der Waals surface area (Å²) in [6.45, 7) is 5.84. The van der Waals surface area contributed by atoms with Gasteiger partial charge in [0.1, 0.15) is 28.8 Å². The molecule has 0 saturated carbocycles. The standard InChI is InChI=1S/C28H25F2N7O2/c1-28(2,3)37-16-25(26(36-37)17-5-4-6-19(29)11-17)35-27(38)34-23-8-7-20(12-22(23)30)39-21-9-10-31-24(13-21)18-14-32-33-15-18/h4-16H,1-3H3,(H,32,33)(H2,34,35,38). The number of anilines is 2. The molecule has 5 aromatic rings. The molecular formula is C28H25F2N7O2. The van der Waals surface area contributed by atoms with Gasteiger partial charge in [0.25, 0.3) is 0 Å². The molecule has 3 N–H and O–H groups in total. The number of carbonyl (C=O) groups is 1. The third-order valence-corrected chi connectivity index (χ3v) is 5.70. The number of nitrogens with zero attached hydrogens (tertiary/aromatic N) is 4. The van der Waals surface area contributed by atoms with E-state index >= 15 is 0 Å². The molecule has 3 heterocycles. The van der Waals surface area contributed by atoms with Crippen LogP contribution in [0.25, 0.3) is 22.5 Å². The van der Waals surface area contributed by atoms with Crippen molar-refractivity contribution in [2.75, 3.05) is 10.6 Å². The highest BCUT2D eigenvalue weighted by atomic mass is 19.1. The molecule has 11 heteroatoms. The minimum absolute atomic E-state index is 0.0517. The van der Waals surface area contributed by atoms with E-state index in [2.05, 4.69) is 30.9 Å². The Hall–Kier alpha value is -5.06. The van der Waals surface area contributed by atoms with Crippen LogP contribution in [-0.2, 0) is 5.54 Å². The maximum absolute atomic E-state index is 14.9. The molecule has 0 radical (unpaired) electrons. The molecule has 198 valence electrons. The number of nitrogens with one attached hydrogen (secondary N) is 3. The second kappa shape index (κ2) is 10.4. The molecule has 9 nitrogen and oxygen atoms in total. The SMILES string of the molecule is CC(C)(C)n1cc(NC(=O)Nc2ccc(Oc3ccnc(-c4cn[nH]c4)c3)cc2F)c(-c2cccc(F)c2)n1. The highest BCUT2D eigenvalue weighted by molar-refractivity contribution is 6.02. The first-order valence-electron chi connectivity index (χ1n) is 12.0. The number of benzene rings is 2. The Morgan fingerprint density at radius 1 is 0.974 bits per heavy atom. The highest BCUT2D eigenvalue weighted by Gasteiger charge is 2.21. The minimum Gasteiger partial charge on any atom is -0.457 e. The summed E-state index contributed by atoms with van der Waals surface area (Å²) >= 11 is 0. The molecule has 0 aliphatic carbocycles. The van der Waals surface area contributed by atoms with Crippen molar-refractivity contribution in [3.8, 4) is 34.0 Å². The molecule has 0 fully saturated rings. The van der Waals surface area contributed by atoms with Crippen molar-refractivity contribution in [2.45, 2.75) is 26.3 Å². The van der Waals surface area contributed by atoms with Crippen LogP contribution in [0.4, 0.5) is 25.0 Å². The van der Waals surface area contributed by atoms with Gasteiger partial charge >= 0.3 is 6.03 Å². The Morgan fingerprint density at radius 3 is 2.49 bits per heavy atom. The van der Waals surface area contributed by atoms with E-state index in [9.17, 15) is 13.6 Å². The first kappa shape index (κ1) is 25.6. The van der Waals surface area contributed by atoms with Gasteiger partial charge in [0.15, 0.2) is 0 Å². The number of halogens is 2. The third kappa shape index (κ3) is 5.93. The van der Waals surface area contributed by atoms with Crippen LogP contribution in [0.1, 0.15) is 20.8 Å². The summed E-state index contributed by atoms with van der Waals surface area (Å²) in [6, 6.07) is 12.7. The van der Waals surface area contributed by atoms with Crippen molar-refractivity contribution < 1.29 is 18.3 Å². The average Bonchev–Trinajstić information content (AvgIpc) is 3.57. The molecule has 0 saturated heterocycles. The second-order valence-corrected chi connectivity index (χ2v) is 9.70. The topological polar surface area (TPSA) is 110 Å². The smallest absolute Gasteiger partial charge is 0.323 e. The number of H-pyrrole nitrogens is 1. The minimum atomic E-state index is -0.692. The molecule has 0 bridgehead atoms. The molecule has 0 aliphatic heterocycles. The van der Waals surface area contributed by atoms with E-state index in [1.165, 1.54) is 30.3 Å². The summed E-state index contributed by atoms with van der Waals surface area (Å²) in [5, 5.41) is 16.4. The zero-order valence-corrected chi connectivity index (χ0v) is 21.4. The second-order valence-electron chi connectivity index (χ2n) is 9.70. The quantitative estimate of drug-likeness (QED) is 0.224. The third-order valence-electron chi connectivity index (χ3n) is 5.70. The molecule has 5 rings (SSSR count). The van der Waals surface area contributed by atoms with Crippen molar-refractivity contribution in [1.29, 1.82) is 0 Å². The van der Waals surface area contributed by atoms with Crippen molar-refractivity contribution in [2.24, 2.45) is 0 Å². The van der Waals surface area contributed by atoms with Crippen molar-refractivity contribution in [1.82, 2.24) is 25.0 Å². The monoisotopic (exact) mass is 529 g/mol. The van der Waals surface area contributed by atoms with E-state index in [1.807, 2.05) is 20.8 Å². The van der Waals surface area contributed by atoms with Gasteiger partial charge in [0.2, 0.25) is 0 Å². The fourth-order valence-corrected chi connectivity index (χ4v) is 3.75. The summed E-state index contributed by atoms with van der Waals surface area (Å²) in [7, 11) is 0. The van der Waals surface area contributed by atoms with E-state index < -0.39 is 23.2 Å². The summed E-state index contributed by atoms with van der Waals surface area (Å²) in [6.07, 6.45) is 6.56. The number of aromatic nitrogens is 5. The number of rotatable bonds is 6. The van der Waals surface area contributed by atoms with Crippen molar-refractivity contribution >= 4 is 17.4 Å². The van der Waals surface area contributed by atoms with Gasteiger partial charge in [-0.25, -0.2) is 13.6 Å². The molecule has 2 amide bonds. The number of hydrogen-bond acceptors (Lipinski definition) is 5. The van der Waals surface area contributed by atoms with E-state index in [-0.39, 0.29) is 11.4 Å². The largest absolute Gasteiger partial charge is 0.457 e. The zero-order chi connectivity index (χ0) is 27.6. The molecule has 3 aromatic heterocycles. The van der Waals surface area contributed by atoms with Gasteiger partial charge in [-0.2, -0.15) is 10.2 Å². The lowest BCUT2D eigenvalue weighted by atomic mass is 10.1. The normalized spacial score (nSPS) is 11.3. The van der Waals surface area contributed by atoms with Crippen molar-refractivity contribution in [3.63, 3.8) is 0 Å². The van der Waals surface area contributed by atoms with Crippen LogP contribution in [-0.4, -0.2) is 31.0 Å². The first-order valence-corrected chi connectivity index (χ1v) is 12.0. The molecule has 0 atom stereocenters.